The molecule has 1 amide bonds. The number of hydrogen-bond acceptors (Lipinski definition) is 3. The number of amides is 1. The molecule has 5 nitrogen and oxygen atoms in total. The van der Waals surface area contributed by atoms with Crippen molar-refractivity contribution in [3.05, 3.63) is 29.8 Å². The number of sulfonamides is 1. The molecule has 2 atom stereocenters. The number of carbonyl (C=O) groups excluding carboxylic acids is 1. The molecule has 0 unspecified atom stereocenters. The third kappa shape index (κ3) is 4.12. The van der Waals surface area contributed by atoms with Crippen molar-refractivity contribution in [2.45, 2.75) is 69.2 Å². The minimum atomic E-state index is -3.60. The first-order valence-electron chi connectivity index (χ1n) is 9.92. The van der Waals surface area contributed by atoms with E-state index in [2.05, 4.69) is 12.2 Å². The summed E-state index contributed by atoms with van der Waals surface area (Å²) >= 11 is 0. The zero-order chi connectivity index (χ0) is 18.6. The Morgan fingerprint density at radius 1 is 1.04 bits per heavy atom. The molecule has 3 rings (SSSR count). The molecule has 0 spiro atoms. The van der Waals surface area contributed by atoms with E-state index in [0.717, 1.165) is 56.9 Å². The van der Waals surface area contributed by atoms with Gasteiger partial charge in [0.05, 0.1) is 10.8 Å². The van der Waals surface area contributed by atoms with E-state index in [-0.39, 0.29) is 17.9 Å². The van der Waals surface area contributed by atoms with Gasteiger partial charge in [0.15, 0.2) is 0 Å². The predicted octanol–water partition coefficient (Wildman–Crippen LogP) is 3.10. The van der Waals surface area contributed by atoms with Crippen molar-refractivity contribution in [3.8, 4) is 0 Å². The summed E-state index contributed by atoms with van der Waals surface area (Å²) in [6.07, 6.45) is 7.07. The highest BCUT2D eigenvalue weighted by atomic mass is 32.2. The van der Waals surface area contributed by atoms with Crippen molar-refractivity contribution in [1.82, 2.24) is 9.62 Å². The molecule has 6 heteroatoms. The highest BCUT2D eigenvalue weighted by Gasteiger charge is 2.40. The second-order valence-corrected chi connectivity index (χ2v) is 9.31. The topological polar surface area (TPSA) is 66.5 Å². The lowest BCUT2D eigenvalue weighted by atomic mass is 9.83. The van der Waals surface area contributed by atoms with Crippen LogP contribution in [0, 0.1) is 5.92 Å². The van der Waals surface area contributed by atoms with Gasteiger partial charge in [0, 0.05) is 19.1 Å². The van der Waals surface area contributed by atoms with Crippen LogP contribution in [-0.4, -0.2) is 37.8 Å². The molecule has 2 fully saturated rings. The van der Waals surface area contributed by atoms with E-state index in [1.165, 1.54) is 0 Å². The van der Waals surface area contributed by atoms with Gasteiger partial charge in [-0.2, -0.15) is 4.31 Å². The van der Waals surface area contributed by atoms with Gasteiger partial charge in [-0.1, -0.05) is 38.3 Å². The summed E-state index contributed by atoms with van der Waals surface area (Å²) in [5, 5.41) is 3.02. The molecular formula is C20H30N2O3S. The van der Waals surface area contributed by atoms with E-state index in [1.807, 2.05) is 12.1 Å². The largest absolute Gasteiger partial charge is 0.356 e. The van der Waals surface area contributed by atoms with E-state index in [1.54, 1.807) is 16.4 Å². The van der Waals surface area contributed by atoms with Gasteiger partial charge >= 0.3 is 0 Å². The Bertz CT molecular complexity index is 715. The lowest BCUT2D eigenvalue weighted by Gasteiger charge is -2.39. The summed E-state index contributed by atoms with van der Waals surface area (Å²) in [7, 11) is -3.60. The normalized spacial score (nSPS) is 26.0. The van der Waals surface area contributed by atoms with Gasteiger partial charge in [-0.3, -0.25) is 4.79 Å². The molecule has 1 aliphatic heterocycles. The van der Waals surface area contributed by atoms with Crippen LogP contribution >= 0.6 is 0 Å². The van der Waals surface area contributed by atoms with Crippen LogP contribution in [0.1, 0.15) is 57.4 Å². The van der Waals surface area contributed by atoms with Crippen LogP contribution in [0.2, 0.25) is 0 Å². The Balaban J connectivity index is 1.94. The molecule has 1 heterocycles. The molecule has 0 radical (unpaired) electrons. The number of carbonyl (C=O) groups is 1. The first-order valence-corrected chi connectivity index (χ1v) is 11.4. The number of benzene rings is 1. The van der Waals surface area contributed by atoms with E-state index in [0.29, 0.717) is 18.0 Å². The van der Waals surface area contributed by atoms with Crippen LogP contribution in [0.25, 0.3) is 0 Å². The minimum absolute atomic E-state index is 0.0260. The van der Waals surface area contributed by atoms with Crippen molar-refractivity contribution < 1.29 is 13.2 Å². The van der Waals surface area contributed by atoms with E-state index < -0.39 is 10.0 Å². The maximum Gasteiger partial charge on any atom is 0.243 e. The number of nitrogens with zero attached hydrogens (tertiary/aromatic N) is 1. The highest BCUT2D eigenvalue weighted by Crippen LogP contribution is 2.33. The van der Waals surface area contributed by atoms with Gasteiger partial charge in [0.25, 0.3) is 0 Å². The average Bonchev–Trinajstić information content (AvgIpc) is 2.67. The lowest BCUT2D eigenvalue weighted by Crippen LogP contribution is -2.51. The fraction of sp³-hybridized carbons (Fsp3) is 0.650. The quantitative estimate of drug-likeness (QED) is 0.879. The molecule has 1 saturated heterocycles. The Morgan fingerprint density at radius 2 is 1.77 bits per heavy atom. The summed E-state index contributed by atoms with van der Waals surface area (Å²) in [6.45, 7) is 3.26. The smallest absolute Gasteiger partial charge is 0.243 e. The van der Waals surface area contributed by atoms with Crippen molar-refractivity contribution in [2.24, 2.45) is 5.92 Å². The molecule has 1 aromatic rings. The summed E-state index contributed by atoms with van der Waals surface area (Å²) < 4.78 is 28.5. The maximum absolute atomic E-state index is 13.4. The Kier molecular flexibility index (Phi) is 6.35. The number of aryl methyl sites for hydroxylation is 1. The van der Waals surface area contributed by atoms with E-state index >= 15 is 0 Å². The lowest BCUT2D eigenvalue weighted by molar-refractivity contribution is -0.127. The SMILES string of the molecule is CCc1ccc(S(=O)(=O)N2CCCCCNC(=O)[C@@H]3CCCC[C@@H]32)cc1. The molecule has 26 heavy (non-hydrogen) atoms. The molecule has 0 aromatic heterocycles. The van der Waals surface area contributed by atoms with E-state index in [9.17, 15) is 13.2 Å². The molecule has 2 aliphatic rings. The third-order valence-electron chi connectivity index (χ3n) is 5.73. The second-order valence-electron chi connectivity index (χ2n) is 7.42. The average molecular weight is 379 g/mol. The zero-order valence-electron chi connectivity index (χ0n) is 15.6. The maximum atomic E-state index is 13.4. The summed E-state index contributed by atoms with van der Waals surface area (Å²) in [4.78, 5) is 13.0. The van der Waals surface area contributed by atoms with Gasteiger partial charge in [0.2, 0.25) is 15.9 Å². The van der Waals surface area contributed by atoms with E-state index in [4.69, 9.17) is 0 Å². The monoisotopic (exact) mass is 378 g/mol. The molecular weight excluding hydrogens is 348 g/mol. The molecule has 1 saturated carbocycles. The highest BCUT2D eigenvalue weighted by molar-refractivity contribution is 7.89. The number of rotatable bonds is 3. The van der Waals surface area contributed by atoms with Gasteiger partial charge in [-0.05, 0) is 49.8 Å². The third-order valence-corrected chi connectivity index (χ3v) is 7.67. The van der Waals surface area contributed by atoms with Gasteiger partial charge in [0.1, 0.15) is 0 Å². The molecule has 1 N–H and O–H groups in total. The van der Waals surface area contributed by atoms with Crippen molar-refractivity contribution >= 4 is 15.9 Å². The van der Waals surface area contributed by atoms with Crippen molar-refractivity contribution in [1.29, 1.82) is 0 Å². The summed E-state index contributed by atoms with van der Waals surface area (Å²) in [5.41, 5.74) is 1.12. The van der Waals surface area contributed by atoms with Crippen LogP contribution in [0.4, 0.5) is 0 Å². The van der Waals surface area contributed by atoms with Crippen molar-refractivity contribution in [3.63, 3.8) is 0 Å². The van der Waals surface area contributed by atoms with Crippen LogP contribution < -0.4 is 5.32 Å². The standard InChI is InChI=1S/C20H30N2O3S/c1-2-16-10-12-17(13-11-16)26(24,25)22-15-7-3-6-14-21-20(23)18-8-4-5-9-19(18)22/h10-13,18-19H,2-9,14-15H2,1H3,(H,21,23)/t18-,19+/m1/s1. The Labute approximate surface area is 157 Å². The second kappa shape index (κ2) is 8.53. The predicted molar refractivity (Wildman–Crippen MR) is 102 cm³/mol. The fourth-order valence-corrected chi connectivity index (χ4v) is 5.90. The Hall–Kier alpha value is -1.40. The number of nitrogens with one attached hydrogen (secondary N) is 1. The molecule has 0 bridgehead atoms. The molecule has 1 aliphatic carbocycles. The fourth-order valence-electron chi connectivity index (χ4n) is 4.17. The number of hydrogen-bond donors (Lipinski definition) is 1. The Morgan fingerprint density at radius 3 is 2.50 bits per heavy atom. The van der Waals surface area contributed by atoms with Crippen LogP contribution in [0.15, 0.2) is 29.2 Å². The zero-order valence-corrected chi connectivity index (χ0v) is 16.4. The van der Waals surface area contributed by atoms with Gasteiger partial charge < -0.3 is 5.32 Å². The summed E-state index contributed by atoms with van der Waals surface area (Å²) in [6, 6.07) is 6.98. The van der Waals surface area contributed by atoms with Crippen molar-refractivity contribution in [2.75, 3.05) is 13.1 Å². The summed E-state index contributed by atoms with van der Waals surface area (Å²) in [5.74, 6) is -0.204. The minimum Gasteiger partial charge on any atom is -0.356 e. The first-order chi connectivity index (χ1) is 12.5. The van der Waals surface area contributed by atoms with Crippen LogP contribution in [0.3, 0.4) is 0 Å². The van der Waals surface area contributed by atoms with Crippen LogP contribution in [-0.2, 0) is 21.2 Å². The van der Waals surface area contributed by atoms with Gasteiger partial charge in [-0.15, -0.1) is 0 Å². The molecule has 144 valence electrons. The first kappa shape index (κ1) is 19.4. The van der Waals surface area contributed by atoms with Gasteiger partial charge in [-0.25, -0.2) is 8.42 Å². The van der Waals surface area contributed by atoms with Crippen LogP contribution in [0.5, 0.6) is 0 Å². The number of fused-ring (bicyclic) bond motifs is 1. The molecule has 1 aromatic carbocycles.